The fourth-order valence-electron chi connectivity index (χ4n) is 7.43. The molecule has 0 aliphatic carbocycles. The molecule has 1 fully saturated rings. The van der Waals surface area contributed by atoms with Crippen LogP contribution in [0.5, 0.6) is 0 Å². The van der Waals surface area contributed by atoms with E-state index in [4.69, 9.17) is 23.4 Å². The molecule has 288 valence electrons. The van der Waals surface area contributed by atoms with E-state index < -0.39 is 41.6 Å². The number of hydrogen-bond donors (Lipinski definition) is 0. The predicted octanol–water partition coefficient (Wildman–Crippen LogP) is 9.44. The maximum absolute atomic E-state index is 14.8. The zero-order valence-electron chi connectivity index (χ0n) is 32.7. The van der Waals surface area contributed by atoms with Crippen molar-refractivity contribution >= 4 is 18.0 Å². The lowest BCUT2D eigenvalue weighted by Gasteiger charge is -2.34. The van der Waals surface area contributed by atoms with Gasteiger partial charge in [0.05, 0.1) is 31.3 Å². The minimum Gasteiger partial charge on any atom is -0.461 e. The normalized spacial score (nSPS) is 16.9. The number of ether oxygens (including phenoxy) is 4. The molecular weight excluding hydrogens is 682 g/mol. The lowest BCUT2D eigenvalue weighted by Crippen LogP contribution is -2.51. The highest BCUT2D eigenvalue weighted by atomic mass is 16.6. The number of rotatable bonds is 18. The van der Waals surface area contributed by atoms with Gasteiger partial charge in [-0.1, -0.05) is 111 Å². The summed E-state index contributed by atoms with van der Waals surface area (Å²) in [7, 11) is 0. The first-order valence-corrected chi connectivity index (χ1v) is 19.1. The lowest BCUT2D eigenvalue weighted by atomic mass is 9.86. The molecule has 3 aromatic carbocycles. The Kier molecular flexibility index (Phi) is 13.9. The predicted molar refractivity (Wildman–Crippen MR) is 208 cm³/mol. The topological polar surface area (TPSA) is 105 Å². The van der Waals surface area contributed by atoms with E-state index in [2.05, 4.69) is 13.0 Å². The van der Waals surface area contributed by atoms with Gasteiger partial charge < -0.3 is 23.4 Å². The highest BCUT2D eigenvalue weighted by Gasteiger charge is 2.54. The number of carbonyl (C=O) groups excluding carboxylic acids is 3. The van der Waals surface area contributed by atoms with Crippen molar-refractivity contribution in [2.45, 2.75) is 105 Å². The van der Waals surface area contributed by atoms with Gasteiger partial charge in [-0.3, -0.25) is 9.59 Å². The molecule has 9 heteroatoms. The van der Waals surface area contributed by atoms with E-state index in [0.717, 1.165) is 34.2 Å². The van der Waals surface area contributed by atoms with Crippen molar-refractivity contribution in [2.75, 3.05) is 13.2 Å². The lowest BCUT2D eigenvalue weighted by molar-refractivity contribution is -0.156. The van der Waals surface area contributed by atoms with Crippen molar-refractivity contribution < 1.29 is 37.7 Å². The van der Waals surface area contributed by atoms with E-state index in [-0.39, 0.29) is 18.4 Å². The van der Waals surface area contributed by atoms with Crippen LogP contribution in [0.15, 0.2) is 95.4 Å². The standard InChI is InChI=1S/C45H55NO8/c1-8-36(51-28-34-20-13-10-14-21-34)29-50-24-16-23-39-37(35-22-15-17-31(4)25-35)27-40(53-39)41(52-32(5)47)38(26-33-18-11-9-12-19-33)43(48)46-42(30(2)3)45(6,7)54-44(46)49/h9-15,17-22,25,27,30,36,38,41-42H,8,16,23-24,26,28-29H2,1-7H3/t36-,38+,41+,42?/m1/s1. The van der Waals surface area contributed by atoms with Gasteiger partial charge in [0.15, 0.2) is 6.10 Å². The average molecular weight is 738 g/mol. The van der Waals surface area contributed by atoms with Crippen LogP contribution in [0, 0.1) is 18.8 Å². The molecule has 0 radical (unpaired) electrons. The maximum Gasteiger partial charge on any atom is 0.417 e. The van der Waals surface area contributed by atoms with Crippen LogP contribution in [-0.4, -0.2) is 53.8 Å². The highest BCUT2D eigenvalue weighted by molar-refractivity contribution is 5.96. The number of benzene rings is 3. The van der Waals surface area contributed by atoms with Crippen LogP contribution in [0.25, 0.3) is 11.1 Å². The largest absolute Gasteiger partial charge is 0.461 e. The minimum absolute atomic E-state index is 0.0272. The monoisotopic (exact) mass is 737 g/mol. The zero-order chi connectivity index (χ0) is 38.8. The Morgan fingerprint density at radius 2 is 1.61 bits per heavy atom. The fraction of sp³-hybridized carbons (Fsp3) is 0.444. The molecule has 1 unspecified atom stereocenters. The third kappa shape index (κ3) is 10.3. The van der Waals surface area contributed by atoms with Gasteiger partial charge in [-0.25, -0.2) is 9.69 Å². The van der Waals surface area contributed by atoms with Crippen LogP contribution in [0.1, 0.15) is 88.7 Å². The molecule has 1 aliphatic heterocycles. The molecule has 0 spiro atoms. The summed E-state index contributed by atoms with van der Waals surface area (Å²) in [6.45, 7) is 14.5. The summed E-state index contributed by atoms with van der Waals surface area (Å²) in [6, 6.07) is 29.1. The van der Waals surface area contributed by atoms with Crippen molar-refractivity contribution in [2.24, 2.45) is 11.8 Å². The molecule has 1 aromatic heterocycles. The van der Waals surface area contributed by atoms with Crippen molar-refractivity contribution in [1.82, 2.24) is 4.90 Å². The molecule has 0 N–H and O–H groups in total. The van der Waals surface area contributed by atoms with Gasteiger partial charge in [-0.05, 0) is 68.7 Å². The zero-order valence-corrected chi connectivity index (χ0v) is 32.7. The van der Waals surface area contributed by atoms with Crippen LogP contribution in [0.2, 0.25) is 0 Å². The molecule has 1 aliphatic rings. The number of imide groups is 1. The molecular formula is C45H55NO8. The van der Waals surface area contributed by atoms with E-state index in [1.165, 1.54) is 11.8 Å². The first-order chi connectivity index (χ1) is 25.9. The molecule has 4 atom stereocenters. The van der Waals surface area contributed by atoms with Gasteiger partial charge in [0.25, 0.3) is 0 Å². The summed E-state index contributed by atoms with van der Waals surface area (Å²) in [5.74, 6) is -1.11. The van der Waals surface area contributed by atoms with Crippen molar-refractivity contribution in [3.8, 4) is 11.1 Å². The third-order valence-electron chi connectivity index (χ3n) is 9.90. The highest BCUT2D eigenvalue weighted by Crippen LogP contribution is 2.41. The van der Waals surface area contributed by atoms with Crippen LogP contribution in [0.4, 0.5) is 4.79 Å². The smallest absolute Gasteiger partial charge is 0.417 e. The number of amides is 2. The Bertz CT molecular complexity index is 1830. The van der Waals surface area contributed by atoms with Gasteiger partial charge in [0, 0.05) is 25.5 Å². The van der Waals surface area contributed by atoms with Gasteiger partial charge in [0.1, 0.15) is 17.1 Å². The number of nitrogens with zero attached hydrogens (tertiary/aromatic N) is 1. The number of cyclic esters (lactones) is 1. The van der Waals surface area contributed by atoms with E-state index in [1.54, 1.807) is 0 Å². The Labute approximate surface area is 319 Å². The van der Waals surface area contributed by atoms with Crippen molar-refractivity contribution in [1.29, 1.82) is 0 Å². The number of hydrogen-bond acceptors (Lipinski definition) is 8. The van der Waals surface area contributed by atoms with Crippen LogP contribution in [-0.2, 0) is 48.0 Å². The second-order valence-corrected chi connectivity index (χ2v) is 15.1. The number of esters is 1. The van der Waals surface area contributed by atoms with Gasteiger partial charge in [0.2, 0.25) is 5.91 Å². The second-order valence-electron chi connectivity index (χ2n) is 15.1. The Morgan fingerprint density at radius 3 is 2.24 bits per heavy atom. The van der Waals surface area contributed by atoms with Gasteiger partial charge in [-0.2, -0.15) is 0 Å². The van der Waals surface area contributed by atoms with Gasteiger partial charge >= 0.3 is 12.1 Å². The van der Waals surface area contributed by atoms with Crippen molar-refractivity contribution in [3.63, 3.8) is 0 Å². The summed E-state index contributed by atoms with van der Waals surface area (Å²) in [5.41, 5.74) is 3.93. The number of furan rings is 1. The molecule has 0 bridgehead atoms. The molecule has 1 saturated heterocycles. The first kappa shape index (κ1) is 40.5. The van der Waals surface area contributed by atoms with E-state index in [9.17, 15) is 14.4 Å². The molecule has 4 aromatic rings. The average Bonchev–Trinajstić information content (AvgIpc) is 3.67. The molecule has 0 saturated carbocycles. The summed E-state index contributed by atoms with van der Waals surface area (Å²) in [4.78, 5) is 42.3. The van der Waals surface area contributed by atoms with Crippen LogP contribution >= 0.6 is 0 Å². The van der Waals surface area contributed by atoms with E-state index in [0.29, 0.717) is 44.2 Å². The molecule has 2 amide bonds. The Morgan fingerprint density at radius 1 is 0.926 bits per heavy atom. The van der Waals surface area contributed by atoms with Crippen molar-refractivity contribution in [3.05, 3.63) is 119 Å². The molecule has 5 rings (SSSR count). The maximum atomic E-state index is 14.8. The first-order valence-electron chi connectivity index (χ1n) is 19.1. The Balaban J connectivity index is 1.43. The Hall–Kier alpha value is -4.73. The minimum atomic E-state index is -1.12. The van der Waals surface area contributed by atoms with Crippen LogP contribution < -0.4 is 0 Å². The van der Waals surface area contributed by atoms with E-state index >= 15 is 0 Å². The molecule has 2 heterocycles. The van der Waals surface area contributed by atoms with Gasteiger partial charge in [-0.15, -0.1) is 0 Å². The molecule has 9 nitrogen and oxygen atoms in total. The second kappa shape index (κ2) is 18.5. The van der Waals surface area contributed by atoms with E-state index in [1.807, 2.05) is 120 Å². The summed E-state index contributed by atoms with van der Waals surface area (Å²) >= 11 is 0. The fourth-order valence-corrected chi connectivity index (χ4v) is 7.43. The number of aryl methyl sites for hydroxylation is 2. The third-order valence-corrected chi connectivity index (χ3v) is 9.90. The summed E-state index contributed by atoms with van der Waals surface area (Å²) in [5, 5.41) is 0. The van der Waals surface area contributed by atoms with Crippen LogP contribution in [0.3, 0.4) is 0 Å². The molecule has 54 heavy (non-hydrogen) atoms. The number of carbonyl (C=O) groups is 3. The SMILES string of the molecule is CC[C@H](COCCCc1oc([C@@H](OC(C)=O)[C@H](Cc2ccccc2)C(=O)N2C(=O)OC(C)(C)C2C(C)C)cc1-c1cccc(C)c1)OCc1ccccc1. The summed E-state index contributed by atoms with van der Waals surface area (Å²) in [6.07, 6.45) is 0.367. The quantitative estimate of drug-likeness (QED) is 0.0735. The summed E-state index contributed by atoms with van der Waals surface area (Å²) < 4.78 is 30.6.